The average molecular weight is 466 g/mol. The SMILES string of the molecule is CCCCN(CCCNC(=O)c1c(C)oc2nc(C)nc(N3CCOCC3)c12)c1ccccc1. The number of hydrogen-bond donors (Lipinski definition) is 1. The number of benzene rings is 1. The molecule has 1 aliphatic heterocycles. The van der Waals surface area contributed by atoms with Crippen LogP contribution in [0.15, 0.2) is 34.7 Å². The zero-order chi connectivity index (χ0) is 23.9. The maximum atomic E-state index is 13.3. The Bertz CT molecular complexity index is 1090. The fourth-order valence-electron chi connectivity index (χ4n) is 4.39. The number of fused-ring (bicyclic) bond motifs is 1. The standard InChI is InChI=1S/C26H35N5O3/c1-4-5-13-30(21-10-7-6-8-11-21)14-9-12-27-25(32)22-19(2)34-26-23(22)24(28-20(3)29-26)31-15-17-33-18-16-31/h6-8,10-11H,4-5,9,12-18H2,1-3H3,(H,27,32). The van der Waals surface area contributed by atoms with Crippen LogP contribution < -0.4 is 15.1 Å². The molecule has 1 amide bonds. The molecule has 182 valence electrons. The van der Waals surface area contributed by atoms with E-state index in [4.69, 9.17) is 9.15 Å². The number of furan rings is 1. The molecule has 1 saturated heterocycles. The molecule has 0 atom stereocenters. The highest BCUT2D eigenvalue weighted by Crippen LogP contribution is 2.32. The summed E-state index contributed by atoms with van der Waals surface area (Å²) in [7, 11) is 0. The van der Waals surface area contributed by atoms with Gasteiger partial charge in [0.1, 0.15) is 17.4 Å². The summed E-state index contributed by atoms with van der Waals surface area (Å²) in [5.41, 5.74) is 2.22. The van der Waals surface area contributed by atoms with Crippen LogP contribution in [0, 0.1) is 13.8 Å². The molecule has 1 N–H and O–H groups in total. The van der Waals surface area contributed by atoms with E-state index in [0.717, 1.165) is 51.3 Å². The lowest BCUT2D eigenvalue weighted by Gasteiger charge is -2.28. The topological polar surface area (TPSA) is 83.7 Å². The van der Waals surface area contributed by atoms with Gasteiger partial charge >= 0.3 is 0 Å². The number of nitrogens with one attached hydrogen (secondary N) is 1. The predicted molar refractivity (Wildman–Crippen MR) is 135 cm³/mol. The van der Waals surface area contributed by atoms with Gasteiger partial charge in [-0.15, -0.1) is 0 Å². The smallest absolute Gasteiger partial charge is 0.255 e. The molecule has 3 aromatic rings. The molecule has 8 nitrogen and oxygen atoms in total. The lowest BCUT2D eigenvalue weighted by Crippen LogP contribution is -2.37. The summed E-state index contributed by atoms with van der Waals surface area (Å²) in [6.07, 6.45) is 3.15. The van der Waals surface area contributed by atoms with Crippen LogP contribution in [-0.2, 0) is 4.74 Å². The van der Waals surface area contributed by atoms with Crippen molar-refractivity contribution in [3.8, 4) is 0 Å². The number of amides is 1. The second-order valence-electron chi connectivity index (χ2n) is 8.69. The van der Waals surface area contributed by atoms with Crippen molar-refractivity contribution >= 4 is 28.5 Å². The third-order valence-corrected chi connectivity index (χ3v) is 6.15. The Morgan fingerprint density at radius 3 is 2.56 bits per heavy atom. The van der Waals surface area contributed by atoms with Gasteiger partial charge in [-0.2, -0.15) is 4.98 Å². The first-order chi connectivity index (χ1) is 16.6. The van der Waals surface area contributed by atoms with Gasteiger partial charge in [0, 0.05) is 38.4 Å². The third-order valence-electron chi connectivity index (χ3n) is 6.15. The summed E-state index contributed by atoms with van der Waals surface area (Å²) in [4.78, 5) is 26.9. The van der Waals surface area contributed by atoms with Crippen LogP contribution in [0.4, 0.5) is 11.5 Å². The van der Waals surface area contributed by atoms with Gasteiger partial charge in [-0.25, -0.2) is 4.98 Å². The van der Waals surface area contributed by atoms with Gasteiger partial charge < -0.3 is 24.3 Å². The van der Waals surface area contributed by atoms with Gasteiger partial charge in [0.25, 0.3) is 5.91 Å². The minimum absolute atomic E-state index is 0.141. The largest absolute Gasteiger partial charge is 0.442 e. The molecule has 3 heterocycles. The average Bonchev–Trinajstić information content (AvgIpc) is 3.19. The Labute approximate surface area is 201 Å². The monoisotopic (exact) mass is 465 g/mol. The molecular weight excluding hydrogens is 430 g/mol. The van der Waals surface area contributed by atoms with Gasteiger partial charge in [0.05, 0.1) is 24.2 Å². The summed E-state index contributed by atoms with van der Waals surface area (Å²) >= 11 is 0. The van der Waals surface area contributed by atoms with E-state index in [0.29, 0.717) is 48.0 Å². The van der Waals surface area contributed by atoms with Crippen molar-refractivity contribution in [1.82, 2.24) is 15.3 Å². The molecule has 1 aliphatic rings. The number of rotatable bonds is 10. The van der Waals surface area contributed by atoms with Crippen molar-refractivity contribution in [2.45, 2.75) is 40.0 Å². The Hall–Kier alpha value is -3.13. The van der Waals surface area contributed by atoms with Crippen LogP contribution in [0.2, 0.25) is 0 Å². The number of carbonyl (C=O) groups excluding carboxylic acids is 1. The zero-order valence-electron chi connectivity index (χ0n) is 20.5. The number of aryl methyl sites for hydroxylation is 2. The second-order valence-corrected chi connectivity index (χ2v) is 8.69. The number of morpholine rings is 1. The van der Waals surface area contributed by atoms with E-state index in [1.54, 1.807) is 0 Å². The van der Waals surface area contributed by atoms with E-state index in [9.17, 15) is 4.79 Å². The molecule has 2 aromatic heterocycles. The molecule has 0 aliphatic carbocycles. The lowest BCUT2D eigenvalue weighted by atomic mass is 10.1. The number of ether oxygens (including phenoxy) is 1. The Kier molecular flexibility index (Phi) is 8.00. The summed E-state index contributed by atoms with van der Waals surface area (Å²) < 4.78 is 11.4. The number of para-hydroxylation sites is 1. The normalized spacial score (nSPS) is 13.9. The number of anilines is 2. The highest BCUT2D eigenvalue weighted by molar-refractivity contribution is 6.10. The maximum absolute atomic E-state index is 13.3. The zero-order valence-corrected chi connectivity index (χ0v) is 20.5. The van der Waals surface area contributed by atoms with Crippen LogP contribution in [0.1, 0.15) is 48.1 Å². The number of hydrogen-bond acceptors (Lipinski definition) is 7. The molecule has 8 heteroatoms. The van der Waals surface area contributed by atoms with Gasteiger partial charge in [0.15, 0.2) is 0 Å². The van der Waals surface area contributed by atoms with E-state index in [-0.39, 0.29) is 5.91 Å². The second kappa shape index (κ2) is 11.3. The number of unbranched alkanes of at least 4 members (excludes halogenated alkanes) is 1. The van der Waals surface area contributed by atoms with Crippen molar-refractivity contribution in [3.63, 3.8) is 0 Å². The van der Waals surface area contributed by atoms with E-state index < -0.39 is 0 Å². The highest BCUT2D eigenvalue weighted by Gasteiger charge is 2.26. The fourth-order valence-corrected chi connectivity index (χ4v) is 4.39. The minimum atomic E-state index is -0.141. The van der Waals surface area contributed by atoms with Gasteiger partial charge in [0.2, 0.25) is 5.71 Å². The Balaban J connectivity index is 1.46. The van der Waals surface area contributed by atoms with Gasteiger partial charge in [-0.3, -0.25) is 4.79 Å². The molecule has 0 spiro atoms. The predicted octanol–water partition coefficient (Wildman–Crippen LogP) is 4.10. The van der Waals surface area contributed by atoms with Crippen molar-refractivity contribution in [3.05, 3.63) is 47.5 Å². The van der Waals surface area contributed by atoms with Crippen LogP contribution in [0.5, 0.6) is 0 Å². The Morgan fingerprint density at radius 2 is 1.82 bits per heavy atom. The molecule has 1 aromatic carbocycles. The molecule has 0 unspecified atom stereocenters. The van der Waals surface area contributed by atoms with Crippen LogP contribution in [0.3, 0.4) is 0 Å². The first-order valence-corrected chi connectivity index (χ1v) is 12.3. The molecule has 4 rings (SSSR count). The summed E-state index contributed by atoms with van der Waals surface area (Å²) in [6, 6.07) is 10.5. The number of carbonyl (C=O) groups is 1. The fraction of sp³-hybridized carbons (Fsp3) is 0.500. The van der Waals surface area contributed by atoms with E-state index in [1.165, 1.54) is 5.69 Å². The van der Waals surface area contributed by atoms with E-state index >= 15 is 0 Å². The molecule has 0 saturated carbocycles. The van der Waals surface area contributed by atoms with E-state index in [2.05, 4.69) is 56.3 Å². The lowest BCUT2D eigenvalue weighted by molar-refractivity contribution is 0.0953. The van der Waals surface area contributed by atoms with Crippen molar-refractivity contribution in [2.75, 3.05) is 55.7 Å². The van der Waals surface area contributed by atoms with Crippen molar-refractivity contribution in [2.24, 2.45) is 0 Å². The van der Waals surface area contributed by atoms with Gasteiger partial charge in [-0.05, 0) is 38.8 Å². The third kappa shape index (κ3) is 5.50. The molecule has 0 radical (unpaired) electrons. The number of aromatic nitrogens is 2. The Morgan fingerprint density at radius 1 is 1.09 bits per heavy atom. The van der Waals surface area contributed by atoms with Crippen LogP contribution >= 0.6 is 0 Å². The highest BCUT2D eigenvalue weighted by atomic mass is 16.5. The first kappa shape index (κ1) is 24.0. The molecule has 1 fully saturated rings. The summed E-state index contributed by atoms with van der Waals surface area (Å²) in [5, 5.41) is 3.79. The molecular formula is C26H35N5O3. The summed E-state index contributed by atoms with van der Waals surface area (Å²) in [5.74, 6) is 1.80. The maximum Gasteiger partial charge on any atom is 0.255 e. The minimum Gasteiger partial charge on any atom is -0.442 e. The first-order valence-electron chi connectivity index (χ1n) is 12.3. The van der Waals surface area contributed by atoms with Crippen molar-refractivity contribution < 1.29 is 13.9 Å². The van der Waals surface area contributed by atoms with Crippen LogP contribution in [0.25, 0.3) is 11.1 Å². The van der Waals surface area contributed by atoms with Crippen molar-refractivity contribution in [1.29, 1.82) is 0 Å². The van der Waals surface area contributed by atoms with E-state index in [1.807, 2.05) is 19.9 Å². The molecule has 34 heavy (non-hydrogen) atoms. The summed E-state index contributed by atoms with van der Waals surface area (Å²) in [6.45, 7) is 11.1. The van der Waals surface area contributed by atoms with Crippen LogP contribution in [-0.4, -0.2) is 61.8 Å². The quantitative estimate of drug-likeness (QED) is 0.451. The van der Waals surface area contributed by atoms with Gasteiger partial charge in [-0.1, -0.05) is 31.5 Å². The number of nitrogens with zero attached hydrogens (tertiary/aromatic N) is 4. The molecule has 0 bridgehead atoms.